The molecule has 0 atom stereocenters. The highest BCUT2D eigenvalue weighted by molar-refractivity contribution is 6.11. The first-order chi connectivity index (χ1) is 13.3. The van der Waals surface area contributed by atoms with Crippen molar-refractivity contribution in [1.29, 1.82) is 0 Å². The number of ketones is 1. The summed E-state index contributed by atoms with van der Waals surface area (Å²) in [7, 11) is 0. The van der Waals surface area contributed by atoms with Crippen molar-refractivity contribution in [2.75, 3.05) is 0 Å². The Balaban J connectivity index is 1.93. The fourth-order valence-corrected chi connectivity index (χ4v) is 2.58. The van der Waals surface area contributed by atoms with Gasteiger partial charge in [0.2, 0.25) is 5.75 Å². The van der Waals surface area contributed by atoms with E-state index in [1.54, 1.807) is 25.1 Å². The first-order valence-electron chi connectivity index (χ1n) is 8.19. The fourth-order valence-electron chi connectivity index (χ4n) is 2.58. The smallest absolute Gasteiger partial charge is 0.343 e. The summed E-state index contributed by atoms with van der Waals surface area (Å²) < 4.78 is 5.02. The fraction of sp³-hybridized carbons (Fsp3) is 0.0476. The van der Waals surface area contributed by atoms with Crippen LogP contribution in [0, 0.1) is 6.92 Å². The number of esters is 1. The number of benzene rings is 3. The zero-order chi connectivity index (χ0) is 20.4. The zero-order valence-electron chi connectivity index (χ0n) is 14.7. The Morgan fingerprint density at radius 2 is 1.39 bits per heavy atom. The van der Waals surface area contributed by atoms with E-state index in [-0.39, 0.29) is 16.7 Å². The molecule has 0 aliphatic carbocycles. The van der Waals surface area contributed by atoms with Crippen LogP contribution in [0.4, 0.5) is 0 Å². The molecule has 0 heterocycles. The second kappa shape index (κ2) is 7.32. The lowest BCUT2D eigenvalue weighted by molar-refractivity contribution is 0.0724. The lowest BCUT2D eigenvalue weighted by Crippen LogP contribution is -2.09. The van der Waals surface area contributed by atoms with Crippen molar-refractivity contribution in [1.82, 2.24) is 0 Å². The van der Waals surface area contributed by atoms with Crippen LogP contribution in [0.3, 0.4) is 0 Å². The molecule has 28 heavy (non-hydrogen) atoms. The lowest BCUT2D eigenvalue weighted by Gasteiger charge is -2.11. The monoisotopic (exact) mass is 380 g/mol. The van der Waals surface area contributed by atoms with E-state index in [1.807, 2.05) is 0 Å². The Bertz CT molecular complexity index is 1050. The van der Waals surface area contributed by atoms with Gasteiger partial charge < -0.3 is 25.2 Å². The van der Waals surface area contributed by atoms with E-state index < -0.39 is 40.5 Å². The van der Waals surface area contributed by atoms with Crippen LogP contribution in [0.1, 0.15) is 31.8 Å². The molecule has 0 spiro atoms. The minimum atomic E-state index is -0.800. The van der Waals surface area contributed by atoms with E-state index in [4.69, 9.17) is 4.74 Å². The molecule has 3 aromatic carbocycles. The number of phenols is 4. The molecule has 0 amide bonds. The third-order valence-corrected chi connectivity index (χ3v) is 4.11. The van der Waals surface area contributed by atoms with Crippen LogP contribution in [0.25, 0.3) is 0 Å². The molecule has 3 aromatic rings. The second-order valence-corrected chi connectivity index (χ2v) is 6.06. The van der Waals surface area contributed by atoms with E-state index in [0.717, 1.165) is 12.1 Å². The molecular weight excluding hydrogens is 364 g/mol. The van der Waals surface area contributed by atoms with Crippen molar-refractivity contribution in [3.8, 4) is 28.7 Å². The summed E-state index contributed by atoms with van der Waals surface area (Å²) in [6, 6.07) is 12.7. The number of rotatable bonds is 4. The van der Waals surface area contributed by atoms with Gasteiger partial charge in [0.1, 0.15) is 0 Å². The number of carbonyl (C=O) groups is 2. The molecule has 0 aromatic heterocycles. The minimum Gasteiger partial charge on any atom is -0.504 e. The number of carbonyl (C=O) groups excluding carboxylic acids is 2. The first-order valence-corrected chi connectivity index (χ1v) is 8.19. The van der Waals surface area contributed by atoms with Crippen molar-refractivity contribution >= 4 is 11.8 Å². The summed E-state index contributed by atoms with van der Waals surface area (Å²) >= 11 is 0. The van der Waals surface area contributed by atoms with Crippen molar-refractivity contribution < 1.29 is 34.8 Å². The van der Waals surface area contributed by atoms with Crippen LogP contribution in [0.5, 0.6) is 28.7 Å². The predicted molar refractivity (Wildman–Crippen MR) is 99.1 cm³/mol. The van der Waals surface area contributed by atoms with Gasteiger partial charge in [-0.15, -0.1) is 0 Å². The third-order valence-electron chi connectivity index (χ3n) is 4.11. The quantitative estimate of drug-likeness (QED) is 0.237. The van der Waals surface area contributed by atoms with Gasteiger partial charge in [0, 0.05) is 5.56 Å². The Hall–Kier alpha value is -4.00. The highest BCUT2D eigenvalue weighted by Gasteiger charge is 2.22. The summed E-state index contributed by atoms with van der Waals surface area (Å²) in [5.41, 5.74) is 0.202. The molecule has 0 unspecified atom stereocenters. The van der Waals surface area contributed by atoms with Gasteiger partial charge in [0.25, 0.3) is 0 Å². The average molecular weight is 380 g/mol. The third kappa shape index (κ3) is 3.45. The van der Waals surface area contributed by atoms with Gasteiger partial charge in [-0.3, -0.25) is 4.79 Å². The first kappa shape index (κ1) is 18.8. The maximum atomic E-state index is 12.6. The lowest BCUT2D eigenvalue weighted by atomic mass is 9.99. The molecule has 0 aliphatic heterocycles. The second-order valence-electron chi connectivity index (χ2n) is 6.06. The Morgan fingerprint density at radius 3 is 2.00 bits per heavy atom. The van der Waals surface area contributed by atoms with Gasteiger partial charge >= 0.3 is 5.97 Å². The average Bonchev–Trinajstić information content (AvgIpc) is 2.69. The Labute approximate surface area is 159 Å². The van der Waals surface area contributed by atoms with Crippen LogP contribution >= 0.6 is 0 Å². The van der Waals surface area contributed by atoms with Gasteiger partial charge in [-0.05, 0) is 42.8 Å². The van der Waals surface area contributed by atoms with Crippen LogP contribution < -0.4 is 4.74 Å². The summed E-state index contributed by atoms with van der Waals surface area (Å²) in [5, 5.41) is 40.0. The van der Waals surface area contributed by atoms with E-state index in [1.165, 1.54) is 24.3 Å². The molecule has 4 N–H and O–H groups in total. The van der Waals surface area contributed by atoms with Gasteiger partial charge in [0.05, 0.1) is 11.1 Å². The number of ether oxygens (including phenoxy) is 1. The van der Waals surface area contributed by atoms with Gasteiger partial charge in [0.15, 0.2) is 28.8 Å². The number of phenolic OH excluding ortho intramolecular Hbond substituents is 4. The van der Waals surface area contributed by atoms with Crippen LogP contribution in [-0.4, -0.2) is 32.2 Å². The zero-order valence-corrected chi connectivity index (χ0v) is 14.7. The summed E-state index contributed by atoms with van der Waals surface area (Å²) in [6.07, 6.45) is 0. The normalized spacial score (nSPS) is 10.5. The number of hydrogen-bond acceptors (Lipinski definition) is 7. The van der Waals surface area contributed by atoms with Gasteiger partial charge in [-0.25, -0.2) is 4.79 Å². The van der Waals surface area contributed by atoms with Crippen molar-refractivity contribution in [3.63, 3.8) is 0 Å². The van der Waals surface area contributed by atoms with E-state index in [9.17, 15) is 30.0 Å². The minimum absolute atomic E-state index is 0.173. The Kier molecular flexibility index (Phi) is 4.91. The summed E-state index contributed by atoms with van der Waals surface area (Å²) in [6.45, 7) is 1.55. The molecule has 0 fully saturated rings. The highest BCUT2D eigenvalue weighted by atomic mass is 16.5. The molecule has 0 saturated heterocycles. The largest absolute Gasteiger partial charge is 0.504 e. The standard InChI is InChI=1S/C21H16O7/c1-11-7-8-14(19(26)17(11)24)18(25)13-9-15(22)20(16(23)10-13)28-21(27)12-5-3-2-4-6-12/h2-10,22-24,26H,1H3. The van der Waals surface area contributed by atoms with Gasteiger partial charge in [-0.1, -0.05) is 24.3 Å². The molecule has 7 heteroatoms. The molecule has 0 saturated carbocycles. The molecule has 0 aliphatic rings. The van der Waals surface area contributed by atoms with Crippen LogP contribution in [-0.2, 0) is 0 Å². The molecule has 3 rings (SSSR count). The summed E-state index contributed by atoms with van der Waals surface area (Å²) in [4.78, 5) is 24.7. The maximum absolute atomic E-state index is 12.6. The van der Waals surface area contributed by atoms with E-state index in [2.05, 4.69) is 0 Å². The Morgan fingerprint density at radius 1 is 0.786 bits per heavy atom. The number of aromatic hydroxyl groups is 4. The number of hydrogen-bond donors (Lipinski definition) is 4. The van der Waals surface area contributed by atoms with Crippen LogP contribution in [0.15, 0.2) is 54.6 Å². The van der Waals surface area contributed by atoms with E-state index in [0.29, 0.717) is 5.56 Å². The van der Waals surface area contributed by atoms with Crippen molar-refractivity contribution in [2.24, 2.45) is 0 Å². The topological polar surface area (TPSA) is 124 Å². The summed E-state index contributed by atoms with van der Waals surface area (Å²) in [5.74, 6) is -4.37. The molecule has 7 nitrogen and oxygen atoms in total. The van der Waals surface area contributed by atoms with Crippen LogP contribution in [0.2, 0.25) is 0 Å². The van der Waals surface area contributed by atoms with E-state index >= 15 is 0 Å². The maximum Gasteiger partial charge on any atom is 0.343 e. The highest BCUT2D eigenvalue weighted by Crippen LogP contribution is 2.39. The molecule has 0 radical (unpaired) electrons. The number of aryl methyl sites for hydroxylation is 1. The molecular formula is C21H16O7. The predicted octanol–water partition coefficient (Wildman–Crippen LogP) is 3.27. The molecule has 142 valence electrons. The molecule has 0 bridgehead atoms. The SMILES string of the molecule is Cc1ccc(C(=O)c2cc(O)c(OC(=O)c3ccccc3)c(O)c2)c(O)c1O. The van der Waals surface area contributed by atoms with Gasteiger partial charge in [-0.2, -0.15) is 0 Å². The van der Waals surface area contributed by atoms with Crippen molar-refractivity contribution in [3.05, 3.63) is 76.9 Å². The van der Waals surface area contributed by atoms with Crippen molar-refractivity contribution in [2.45, 2.75) is 6.92 Å².